The second kappa shape index (κ2) is 6.83. The van der Waals surface area contributed by atoms with Crippen molar-refractivity contribution in [2.45, 2.75) is 11.8 Å². The van der Waals surface area contributed by atoms with E-state index in [-0.39, 0.29) is 5.82 Å². The van der Waals surface area contributed by atoms with Crippen LogP contribution in [0, 0.1) is 5.82 Å². The van der Waals surface area contributed by atoms with Crippen LogP contribution in [0.25, 0.3) is 0 Å². The number of carbonyl (C=O) groups is 1. The molecule has 0 amide bonds. The van der Waals surface area contributed by atoms with E-state index >= 15 is 0 Å². The fraction of sp³-hybridized carbons (Fsp3) is 0.364. The quantitative estimate of drug-likeness (QED) is 0.839. The molecule has 2 N–H and O–H groups in total. The molecule has 1 aromatic carbocycles. The van der Waals surface area contributed by atoms with Gasteiger partial charge in [0.1, 0.15) is 11.9 Å². The van der Waals surface area contributed by atoms with Gasteiger partial charge in [0, 0.05) is 16.5 Å². The van der Waals surface area contributed by atoms with Crippen LogP contribution in [0.3, 0.4) is 0 Å². The molecular formula is C11H13ClFNO2S. The molecule has 0 saturated heterocycles. The molecular weight excluding hydrogens is 265 g/mol. The van der Waals surface area contributed by atoms with Crippen molar-refractivity contribution in [3.05, 3.63) is 34.6 Å². The van der Waals surface area contributed by atoms with Crippen molar-refractivity contribution in [1.82, 2.24) is 0 Å². The summed E-state index contributed by atoms with van der Waals surface area (Å²) in [6.45, 7) is 0. The average molecular weight is 278 g/mol. The van der Waals surface area contributed by atoms with Crippen LogP contribution in [0.1, 0.15) is 5.56 Å². The number of carbonyl (C=O) groups excluding carboxylic acids is 1. The summed E-state index contributed by atoms with van der Waals surface area (Å²) in [4.78, 5) is 11.0. The highest BCUT2D eigenvalue weighted by Gasteiger charge is 2.13. The molecule has 3 nitrogen and oxygen atoms in total. The Bertz CT molecular complexity index is 403. The van der Waals surface area contributed by atoms with Crippen molar-refractivity contribution >= 4 is 29.3 Å². The minimum atomic E-state index is -0.688. The van der Waals surface area contributed by atoms with Gasteiger partial charge in [0.2, 0.25) is 0 Å². The molecule has 0 heterocycles. The topological polar surface area (TPSA) is 52.3 Å². The number of benzene rings is 1. The zero-order valence-corrected chi connectivity index (χ0v) is 10.9. The van der Waals surface area contributed by atoms with Crippen LogP contribution in [-0.4, -0.2) is 24.9 Å². The lowest BCUT2D eigenvalue weighted by molar-refractivity contribution is -0.141. The third-order valence-electron chi connectivity index (χ3n) is 2.07. The first-order valence-corrected chi connectivity index (χ1v) is 6.43. The van der Waals surface area contributed by atoms with Gasteiger partial charge in [-0.2, -0.15) is 11.8 Å². The summed E-state index contributed by atoms with van der Waals surface area (Å²) in [6, 6.07) is 3.68. The smallest absolute Gasteiger partial charge is 0.323 e. The fourth-order valence-corrected chi connectivity index (χ4v) is 2.31. The predicted octanol–water partition coefficient (Wildman–Crippen LogP) is 2.21. The Labute approximate surface area is 108 Å². The molecule has 0 fully saturated rings. The molecule has 94 valence electrons. The molecule has 1 unspecified atom stereocenters. The number of hydrogen-bond donors (Lipinski definition) is 1. The van der Waals surface area contributed by atoms with E-state index in [1.165, 1.54) is 31.0 Å². The highest BCUT2D eigenvalue weighted by molar-refractivity contribution is 7.98. The van der Waals surface area contributed by atoms with E-state index in [2.05, 4.69) is 4.74 Å². The first kappa shape index (κ1) is 14.3. The number of esters is 1. The number of halogens is 2. The lowest BCUT2D eigenvalue weighted by atomic mass is 10.2. The van der Waals surface area contributed by atoms with Gasteiger partial charge in [-0.25, -0.2) is 4.39 Å². The molecule has 1 atom stereocenters. The van der Waals surface area contributed by atoms with Gasteiger partial charge in [-0.3, -0.25) is 4.79 Å². The van der Waals surface area contributed by atoms with Crippen LogP contribution in [0.4, 0.5) is 4.39 Å². The van der Waals surface area contributed by atoms with Crippen LogP contribution in [0.15, 0.2) is 18.2 Å². The number of hydrogen-bond acceptors (Lipinski definition) is 4. The monoisotopic (exact) mass is 277 g/mol. The molecule has 0 saturated carbocycles. The zero-order chi connectivity index (χ0) is 12.8. The van der Waals surface area contributed by atoms with E-state index in [4.69, 9.17) is 17.3 Å². The van der Waals surface area contributed by atoms with Crippen LogP contribution in [-0.2, 0) is 15.3 Å². The van der Waals surface area contributed by atoms with Gasteiger partial charge in [0.15, 0.2) is 0 Å². The number of rotatable bonds is 5. The molecule has 0 spiro atoms. The molecule has 0 aliphatic heterocycles. The Kier molecular flexibility index (Phi) is 5.74. The standard InChI is InChI=1S/C11H13ClFNO2S/c1-16-11(15)10(14)6-17-5-7-4-8(12)2-3-9(7)13/h2-4,10H,5-6,14H2,1H3. The number of methoxy groups -OCH3 is 1. The van der Waals surface area contributed by atoms with Gasteiger partial charge in [-0.1, -0.05) is 11.6 Å². The third kappa shape index (κ3) is 4.53. The molecule has 17 heavy (non-hydrogen) atoms. The highest BCUT2D eigenvalue weighted by Crippen LogP contribution is 2.20. The first-order chi connectivity index (χ1) is 8.04. The van der Waals surface area contributed by atoms with Crippen LogP contribution in [0.5, 0.6) is 0 Å². The summed E-state index contributed by atoms with van der Waals surface area (Å²) >= 11 is 7.11. The van der Waals surface area contributed by atoms with E-state index in [0.29, 0.717) is 22.1 Å². The maximum atomic E-state index is 13.3. The summed E-state index contributed by atoms with van der Waals surface area (Å²) in [5.74, 6) is 0.00742. The first-order valence-electron chi connectivity index (χ1n) is 4.89. The molecule has 0 aliphatic rings. The van der Waals surface area contributed by atoms with E-state index in [0.717, 1.165) is 0 Å². The Balaban J connectivity index is 2.45. The van der Waals surface area contributed by atoms with Crippen molar-refractivity contribution in [2.24, 2.45) is 5.73 Å². The number of thioether (sulfide) groups is 1. The van der Waals surface area contributed by atoms with E-state index in [9.17, 15) is 9.18 Å². The number of ether oxygens (including phenoxy) is 1. The average Bonchev–Trinajstić information content (AvgIpc) is 2.32. The van der Waals surface area contributed by atoms with E-state index in [1.807, 2.05) is 0 Å². The molecule has 0 radical (unpaired) electrons. The predicted molar refractivity (Wildman–Crippen MR) is 67.6 cm³/mol. The van der Waals surface area contributed by atoms with Crippen molar-refractivity contribution in [1.29, 1.82) is 0 Å². The van der Waals surface area contributed by atoms with E-state index in [1.54, 1.807) is 6.07 Å². The maximum Gasteiger partial charge on any atom is 0.323 e. The Morgan fingerprint density at radius 2 is 2.35 bits per heavy atom. The fourth-order valence-electron chi connectivity index (χ4n) is 1.17. The van der Waals surface area contributed by atoms with Gasteiger partial charge in [-0.05, 0) is 23.8 Å². The largest absolute Gasteiger partial charge is 0.468 e. The lowest BCUT2D eigenvalue weighted by Gasteiger charge is -2.09. The van der Waals surface area contributed by atoms with Crippen molar-refractivity contribution < 1.29 is 13.9 Å². The highest BCUT2D eigenvalue weighted by atomic mass is 35.5. The molecule has 6 heteroatoms. The van der Waals surface area contributed by atoms with Crippen molar-refractivity contribution in [3.8, 4) is 0 Å². The van der Waals surface area contributed by atoms with Gasteiger partial charge in [0.25, 0.3) is 0 Å². The maximum absolute atomic E-state index is 13.3. The van der Waals surface area contributed by atoms with Crippen molar-refractivity contribution in [2.75, 3.05) is 12.9 Å². The van der Waals surface area contributed by atoms with Crippen LogP contribution < -0.4 is 5.73 Å². The summed E-state index contributed by atoms with van der Waals surface area (Å²) in [6.07, 6.45) is 0. The van der Waals surface area contributed by atoms with E-state index < -0.39 is 12.0 Å². The summed E-state index contributed by atoms with van der Waals surface area (Å²) in [5, 5.41) is 0.485. The summed E-state index contributed by atoms with van der Waals surface area (Å²) in [5.41, 5.74) is 6.04. The zero-order valence-electron chi connectivity index (χ0n) is 9.28. The Hall–Kier alpha value is -0.780. The minimum Gasteiger partial charge on any atom is -0.468 e. The molecule has 0 bridgehead atoms. The molecule has 1 aromatic rings. The summed E-state index contributed by atoms with van der Waals surface area (Å²) < 4.78 is 17.8. The lowest BCUT2D eigenvalue weighted by Crippen LogP contribution is -2.33. The summed E-state index contributed by atoms with van der Waals surface area (Å²) in [7, 11) is 1.28. The van der Waals surface area contributed by atoms with Gasteiger partial charge in [-0.15, -0.1) is 0 Å². The second-order valence-electron chi connectivity index (χ2n) is 3.38. The van der Waals surface area contributed by atoms with Gasteiger partial charge in [0.05, 0.1) is 7.11 Å². The second-order valence-corrected chi connectivity index (χ2v) is 4.85. The number of nitrogens with two attached hydrogens (primary N) is 1. The van der Waals surface area contributed by atoms with Crippen molar-refractivity contribution in [3.63, 3.8) is 0 Å². The third-order valence-corrected chi connectivity index (χ3v) is 3.41. The molecule has 0 aliphatic carbocycles. The van der Waals surface area contributed by atoms with Gasteiger partial charge < -0.3 is 10.5 Å². The Morgan fingerprint density at radius 3 is 3.00 bits per heavy atom. The molecule has 1 rings (SSSR count). The Morgan fingerprint density at radius 1 is 1.65 bits per heavy atom. The van der Waals surface area contributed by atoms with Crippen LogP contribution >= 0.6 is 23.4 Å². The molecule has 0 aromatic heterocycles. The van der Waals surface area contributed by atoms with Crippen LogP contribution in [0.2, 0.25) is 5.02 Å². The normalized spacial score (nSPS) is 12.2. The SMILES string of the molecule is COC(=O)C(N)CSCc1cc(Cl)ccc1F. The minimum absolute atomic E-state index is 0.312. The van der Waals surface area contributed by atoms with Gasteiger partial charge >= 0.3 is 5.97 Å².